The van der Waals surface area contributed by atoms with E-state index >= 15 is 0 Å². The molecule has 3 aromatic rings. The molecule has 2 amide bonds. The van der Waals surface area contributed by atoms with Gasteiger partial charge in [-0.3, -0.25) is 14.9 Å². The minimum absolute atomic E-state index is 0.212. The van der Waals surface area contributed by atoms with E-state index in [1.165, 1.54) is 18.3 Å². The second-order valence-electron chi connectivity index (χ2n) is 5.64. The SMILES string of the molecule is CCOC(=O)c1ccc2nc(NC(=O)c3cccc(NC(C)=O)c3)sc2c1. The third kappa shape index (κ3) is 4.48. The van der Waals surface area contributed by atoms with E-state index in [9.17, 15) is 14.4 Å². The lowest BCUT2D eigenvalue weighted by Crippen LogP contribution is -2.12. The van der Waals surface area contributed by atoms with E-state index in [1.807, 2.05) is 0 Å². The number of nitrogens with one attached hydrogen (secondary N) is 2. The molecule has 0 spiro atoms. The fraction of sp³-hybridized carbons (Fsp3) is 0.158. The molecule has 1 heterocycles. The maximum Gasteiger partial charge on any atom is 0.338 e. The van der Waals surface area contributed by atoms with Crippen molar-refractivity contribution in [2.24, 2.45) is 0 Å². The van der Waals surface area contributed by atoms with Gasteiger partial charge in [0, 0.05) is 18.2 Å². The molecule has 7 nitrogen and oxygen atoms in total. The van der Waals surface area contributed by atoms with Gasteiger partial charge >= 0.3 is 5.97 Å². The number of fused-ring (bicyclic) bond motifs is 1. The zero-order valence-corrected chi connectivity index (χ0v) is 15.6. The van der Waals surface area contributed by atoms with E-state index in [0.29, 0.717) is 34.1 Å². The van der Waals surface area contributed by atoms with Crippen molar-refractivity contribution in [3.05, 3.63) is 53.6 Å². The van der Waals surface area contributed by atoms with Gasteiger partial charge in [-0.15, -0.1) is 0 Å². The predicted molar refractivity (Wildman–Crippen MR) is 104 cm³/mol. The Morgan fingerprint density at radius 2 is 1.89 bits per heavy atom. The average molecular weight is 383 g/mol. The lowest BCUT2D eigenvalue weighted by molar-refractivity contribution is -0.114. The number of carbonyl (C=O) groups excluding carboxylic acids is 3. The molecule has 0 saturated carbocycles. The molecule has 0 aliphatic rings. The van der Waals surface area contributed by atoms with Crippen LogP contribution in [0, 0.1) is 0 Å². The van der Waals surface area contributed by atoms with Crippen LogP contribution < -0.4 is 10.6 Å². The molecule has 0 aliphatic carbocycles. The van der Waals surface area contributed by atoms with Crippen LogP contribution in [0.3, 0.4) is 0 Å². The van der Waals surface area contributed by atoms with Gasteiger partial charge in [0.15, 0.2) is 5.13 Å². The number of anilines is 2. The zero-order valence-electron chi connectivity index (χ0n) is 14.7. The molecule has 138 valence electrons. The number of aromatic nitrogens is 1. The molecule has 0 aliphatic heterocycles. The second-order valence-corrected chi connectivity index (χ2v) is 6.67. The lowest BCUT2D eigenvalue weighted by Gasteiger charge is -2.05. The normalized spacial score (nSPS) is 10.4. The summed E-state index contributed by atoms with van der Waals surface area (Å²) in [7, 11) is 0. The van der Waals surface area contributed by atoms with E-state index in [1.54, 1.807) is 49.4 Å². The van der Waals surface area contributed by atoms with Crippen molar-refractivity contribution in [1.29, 1.82) is 0 Å². The highest BCUT2D eigenvalue weighted by atomic mass is 32.1. The number of hydrogen-bond acceptors (Lipinski definition) is 6. The van der Waals surface area contributed by atoms with Crippen molar-refractivity contribution < 1.29 is 19.1 Å². The Morgan fingerprint density at radius 1 is 1.07 bits per heavy atom. The summed E-state index contributed by atoms with van der Waals surface area (Å²) in [6.45, 7) is 3.45. The monoisotopic (exact) mass is 383 g/mol. The number of nitrogens with zero attached hydrogens (tertiary/aromatic N) is 1. The van der Waals surface area contributed by atoms with E-state index in [-0.39, 0.29) is 11.8 Å². The van der Waals surface area contributed by atoms with E-state index in [2.05, 4.69) is 15.6 Å². The van der Waals surface area contributed by atoms with Crippen molar-refractivity contribution in [1.82, 2.24) is 4.98 Å². The molecule has 0 fully saturated rings. The van der Waals surface area contributed by atoms with Crippen LogP contribution in [0.2, 0.25) is 0 Å². The molecule has 27 heavy (non-hydrogen) atoms. The highest BCUT2D eigenvalue weighted by Gasteiger charge is 2.13. The highest BCUT2D eigenvalue weighted by Crippen LogP contribution is 2.27. The Kier molecular flexibility index (Phi) is 5.46. The Morgan fingerprint density at radius 3 is 2.63 bits per heavy atom. The molecule has 3 rings (SSSR count). The van der Waals surface area contributed by atoms with Crippen molar-refractivity contribution in [3.8, 4) is 0 Å². The summed E-state index contributed by atoms with van der Waals surface area (Å²) < 4.78 is 5.76. The van der Waals surface area contributed by atoms with Crippen LogP contribution in [-0.2, 0) is 9.53 Å². The molecular formula is C19H17N3O4S. The summed E-state index contributed by atoms with van der Waals surface area (Å²) in [5.74, 6) is -0.948. The van der Waals surface area contributed by atoms with Crippen LogP contribution in [0.1, 0.15) is 34.6 Å². The average Bonchev–Trinajstić information content (AvgIpc) is 3.02. The van der Waals surface area contributed by atoms with Crippen LogP contribution in [0.5, 0.6) is 0 Å². The first-order valence-corrected chi connectivity index (χ1v) is 9.04. The number of thiazole rings is 1. The van der Waals surface area contributed by atoms with E-state index < -0.39 is 5.97 Å². The van der Waals surface area contributed by atoms with Gasteiger partial charge in [-0.1, -0.05) is 17.4 Å². The summed E-state index contributed by atoms with van der Waals surface area (Å²) in [4.78, 5) is 39.8. The van der Waals surface area contributed by atoms with Crippen LogP contribution in [0.15, 0.2) is 42.5 Å². The van der Waals surface area contributed by atoms with Gasteiger partial charge in [-0.25, -0.2) is 9.78 Å². The molecule has 0 bridgehead atoms. The largest absolute Gasteiger partial charge is 0.462 e. The summed E-state index contributed by atoms with van der Waals surface area (Å²) in [6, 6.07) is 11.7. The number of rotatable bonds is 5. The van der Waals surface area contributed by atoms with E-state index in [4.69, 9.17) is 4.74 Å². The molecule has 0 radical (unpaired) electrons. The van der Waals surface area contributed by atoms with Gasteiger partial charge in [0.05, 0.1) is 22.4 Å². The second kappa shape index (κ2) is 7.96. The zero-order chi connectivity index (χ0) is 19.4. The first-order valence-electron chi connectivity index (χ1n) is 8.23. The number of ether oxygens (including phenoxy) is 1. The number of amides is 2. The first kappa shape index (κ1) is 18.5. The maximum atomic E-state index is 12.5. The summed E-state index contributed by atoms with van der Waals surface area (Å²) in [5.41, 5.74) is 2.05. The smallest absolute Gasteiger partial charge is 0.338 e. The summed E-state index contributed by atoms with van der Waals surface area (Å²) >= 11 is 1.26. The number of benzene rings is 2. The Bertz CT molecular complexity index is 1030. The minimum atomic E-state index is -0.395. The van der Waals surface area contributed by atoms with E-state index in [0.717, 1.165) is 4.70 Å². The first-order chi connectivity index (χ1) is 13.0. The molecular weight excluding hydrogens is 366 g/mol. The molecule has 1 aromatic heterocycles. The number of esters is 1. The molecule has 2 aromatic carbocycles. The quantitative estimate of drug-likeness (QED) is 0.655. The van der Waals surface area contributed by atoms with Crippen LogP contribution in [0.25, 0.3) is 10.2 Å². The fourth-order valence-corrected chi connectivity index (χ4v) is 3.33. The fourth-order valence-electron chi connectivity index (χ4n) is 2.43. The number of carbonyl (C=O) groups is 3. The van der Waals surface area contributed by atoms with Gasteiger partial charge in [0.25, 0.3) is 5.91 Å². The molecule has 0 unspecified atom stereocenters. The van der Waals surface area contributed by atoms with Crippen molar-refractivity contribution in [2.75, 3.05) is 17.2 Å². The van der Waals surface area contributed by atoms with Crippen LogP contribution in [-0.4, -0.2) is 29.4 Å². The standard InChI is InChI=1S/C19H17N3O4S/c1-3-26-18(25)13-7-8-15-16(10-13)27-19(21-15)22-17(24)12-5-4-6-14(9-12)20-11(2)23/h4-10H,3H2,1-2H3,(H,20,23)(H,21,22,24). The predicted octanol–water partition coefficient (Wildman–Crippen LogP) is 3.68. The molecule has 0 saturated heterocycles. The van der Waals surface area contributed by atoms with Crippen molar-refractivity contribution in [3.63, 3.8) is 0 Å². The third-order valence-electron chi connectivity index (χ3n) is 3.57. The van der Waals surface area contributed by atoms with Gasteiger partial charge in [0.2, 0.25) is 5.91 Å². The minimum Gasteiger partial charge on any atom is -0.462 e. The summed E-state index contributed by atoms with van der Waals surface area (Å²) in [6.07, 6.45) is 0. The molecule has 0 atom stereocenters. The molecule has 2 N–H and O–H groups in total. The van der Waals surface area contributed by atoms with Crippen LogP contribution in [0.4, 0.5) is 10.8 Å². The van der Waals surface area contributed by atoms with Gasteiger partial charge in [-0.2, -0.15) is 0 Å². The van der Waals surface area contributed by atoms with Gasteiger partial charge < -0.3 is 10.1 Å². The topological polar surface area (TPSA) is 97.4 Å². The van der Waals surface area contributed by atoms with Crippen LogP contribution >= 0.6 is 11.3 Å². The Labute approximate surface area is 159 Å². The van der Waals surface area contributed by atoms with Crippen molar-refractivity contribution >= 4 is 50.2 Å². The molecule has 8 heteroatoms. The van der Waals surface area contributed by atoms with Gasteiger partial charge in [0.1, 0.15) is 0 Å². The maximum absolute atomic E-state index is 12.5. The van der Waals surface area contributed by atoms with Crippen molar-refractivity contribution in [2.45, 2.75) is 13.8 Å². The Hall–Kier alpha value is -3.26. The lowest BCUT2D eigenvalue weighted by atomic mass is 10.2. The Balaban J connectivity index is 1.79. The third-order valence-corrected chi connectivity index (χ3v) is 4.50. The van der Waals surface area contributed by atoms with Gasteiger partial charge in [-0.05, 0) is 43.3 Å². The highest BCUT2D eigenvalue weighted by molar-refractivity contribution is 7.22. The summed E-state index contributed by atoms with van der Waals surface area (Å²) in [5, 5.41) is 5.80. The number of hydrogen-bond donors (Lipinski definition) is 2.